The third-order valence-corrected chi connectivity index (χ3v) is 6.88. The molecular weight excluding hydrogens is 464 g/mol. The van der Waals surface area contributed by atoms with Crippen molar-refractivity contribution in [3.63, 3.8) is 0 Å². The van der Waals surface area contributed by atoms with Gasteiger partial charge in [-0.2, -0.15) is 5.10 Å². The number of ether oxygens (including phenoxy) is 1. The maximum atomic E-state index is 13.2. The summed E-state index contributed by atoms with van der Waals surface area (Å²) in [5, 5.41) is 7.36. The van der Waals surface area contributed by atoms with Gasteiger partial charge in [-0.25, -0.2) is 4.98 Å². The van der Waals surface area contributed by atoms with Crippen molar-refractivity contribution in [3.8, 4) is 11.1 Å². The lowest BCUT2D eigenvalue weighted by Gasteiger charge is -2.27. The first-order chi connectivity index (χ1) is 17.0. The molecule has 1 saturated heterocycles. The van der Waals surface area contributed by atoms with Crippen molar-refractivity contribution in [1.82, 2.24) is 4.98 Å². The summed E-state index contributed by atoms with van der Waals surface area (Å²) < 4.78 is 5.42. The highest BCUT2D eigenvalue weighted by molar-refractivity contribution is 6.30. The van der Waals surface area contributed by atoms with Crippen LogP contribution in [0.1, 0.15) is 24.0 Å². The summed E-state index contributed by atoms with van der Waals surface area (Å²) in [6, 6.07) is 17.0. The van der Waals surface area contributed by atoms with Crippen LogP contribution in [0.2, 0.25) is 5.02 Å². The number of aromatic nitrogens is 1. The van der Waals surface area contributed by atoms with Crippen molar-refractivity contribution < 1.29 is 9.53 Å². The maximum absolute atomic E-state index is 13.2. The van der Waals surface area contributed by atoms with E-state index in [0.717, 1.165) is 48.4 Å². The minimum Gasteiger partial charge on any atom is -0.382 e. The van der Waals surface area contributed by atoms with Gasteiger partial charge in [0.1, 0.15) is 5.82 Å². The van der Waals surface area contributed by atoms with E-state index in [1.807, 2.05) is 48.7 Å². The summed E-state index contributed by atoms with van der Waals surface area (Å²) in [6.07, 6.45) is 3.36. The summed E-state index contributed by atoms with van der Waals surface area (Å²) in [6.45, 7) is 3.02. The number of carbonyl (C=O) groups excluding carboxylic acids is 1. The maximum Gasteiger partial charge on any atom is 0.235 e. The van der Waals surface area contributed by atoms with E-state index in [-0.39, 0.29) is 11.7 Å². The van der Waals surface area contributed by atoms with Crippen LogP contribution in [-0.4, -0.2) is 43.0 Å². The smallest absolute Gasteiger partial charge is 0.235 e. The number of hydrazone groups is 1. The van der Waals surface area contributed by atoms with E-state index in [1.54, 1.807) is 12.1 Å². The number of rotatable bonds is 6. The van der Waals surface area contributed by atoms with E-state index >= 15 is 0 Å². The van der Waals surface area contributed by atoms with E-state index in [9.17, 15) is 4.79 Å². The second-order valence-electron chi connectivity index (χ2n) is 8.83. The molecule has 35 heavy (non-hydrogen) atoms. The van der Waals surface area contributed by atoms with Crippen molar-refractivity contribution in [3.05, 3.63) is 76.9 Å². The molecule has 0 spiro atoms. The fourth-order valence-corrected chi connectivity index (χ4v) is 4.68. The number of morpholine rings is 1. The number of hydrogen-bond acceptors (Lipinski definition) is 6. The van der Waals surface area contributed by atoms with Gasteiger partial charge in [-0.1, -0.05) is 29.8 Å². The molecular formula is C26H27ClN6O2. The summed E-state index contributed by atoms with van der Waals surface area (Å²) in [7, 11) is 0. The molecule has 1 aromatic heterocycles. The monoisotopic (exact) mass is 490 g/mol. The number of pyridine rings is 1. The normalized spacial score (nSPS) is 17.2. The van der Waals surface area contributed by atoms with Crippen LogP contribution in [0.5, 0.6) is 0 Å². The van der Waals surface area contributed by atoms with Gasteiger partial charge in [0.05, 0.1) is 18.6 Å². The fourth-order valence-electron chi connectivity index (χ4n) is 4.49. The van der Waals surface area contributed by atoms with Crippen molar-refractivity contribution in [2.24, 2.45) is 16.7 Å². The Morgan fingerprint density at radius 3 is 2.57 bits per heavy atom. The molecule has 5 N–H and O–H groups in total. The molecule has 0 bridgehead atoms. The lowest BCUT2D eigenvalue weighted by Crippen LogP contribution is -2.36. The number of halogens is 1. The number of benzene rings is 2. The topological polar surface area (TPSA) is 119 Å². The number of amides is 1. The predicted molar refractivity (Wildman–Crippen MR) is 139 cm³/mol. The van der Waals surface area contributed by atoms with Crippen LogP contribution in [0.25, 0.3) is 11.1 Å². The Labute approximate surface area is 208 Å². The lowest BCUT2D eigenvalue weighted by molar-refractivity contribution is -0.118. The Hall–Kier alpha value is -3.62. The van der Waals surface area contributed by atoms with Gasteiger partial charge in [0.2, 0.25) is 5.91 Å². The van der Waals surface area contributed by atoms with Crippen LogP contribution in [0.4, 0.5) is 11.5 Å². The molecule has 2 fully saturated rings. The second-order valence-corrected chi connectivity index (χ2v) is 9.26. The van der Waals surface area contributed by atoms with E-state index < -0.39 is 5.41 Å². The highest BCUT2D eigenvalue weighted by Crippen LogP contribution is 2.49. The van der Waals surface area contributed by atoms with Crippen LogP contribution >= 0.6 is 11.6 Å². The summed E-state index contributed by atoms with van der Waals surface area (Å²) in [5.41, 5.74) is 9.45. The van der Waals surface area contributed by atoms with Crippen LogP contribution in [-0.2, 0) is 14.9 Å². The Bertz CT molecular complexity index is 1270. The zero-order chi connectivity index (χ0) is 24.4. The van der Waals surface area contributed by atoms with Gasteiger partial charge in [-0.15, -0.1) is 0 Å². The number of nitrogens with two attached hydrogens (primary N) is 2. The summed E-state index contributed by atoms with van der Waals surface area (Å²) in [5.74, 6) is 6.52. The van der Waals surface area contributed by atoms with Crippen molar-refractivity contribution in [2.75, 3.05) is 36.5 Å². The molecule has 0 atom stereocenters. The zero-order valence-corrected chi connectivity index (χ0v) is 20.0. The summed E-state index contributed by atoms with van der Waals surface area (Å²) in [4.78, 5) is 20.1. The van der Waals surface area contributed by atoms with E-state index in [0.29, 0.717) is 29.5 Å². The fraction of sp³-hybridized carbons (Fsp3) is 0.269. The van der Waals surface area contributed by atoms with Gasteiger partial charge in [0, 0.05) is 41.1 Å². The minimum absolute atomic E-state index is 0.0711. The zero-order valence-electron chi connectivity index (χ0n) is 19.2. The van der Waals surface area contributed by atoms with Crippen LogP contribution < -0.4 is 21.8 Å². The number of carbonyl (C=O) groups is 1. The number of nitrogens with one attached hydrogen (secondary N) is 1. The Balaban J connectivity index is 1.40. The molecule has 5 rings (SSSR count). The van der Waals surface area contributed by atoms with Gasteiger partial charge in [0.25, 0.3) is 0 Å². The van der Waals surface area contributed by atoms with Gasteiger partial charge in [-0.05, 0) is 60.4 Å². The first-order valence-electron chi connectivity index (χ1n) is 11.5. The molecule has 0 radical (unpaired) electrons. The largest absolute Gasteiger partial charge is 0.382 e. The standard InChI is InChI=1S/C26H27ClN6O2/c27-19-3-1-2-18(14-19)26(8-9-26)25(34)31-20-5-6-21(22(15-20)24(28)32-29)17-4-7-23(30-16-17)33-10-12-35-13-11-33/h1-7,14-16H,8-13,29H2,(H2,28,32)(H,31,34). The quantitative estimate of drug-likeness (QED) is 0.210. The SMILES string of the molecule is N/N=C(\N)c1cc(NC(=O)C2(c3cccc(Cl)c3)CC2)ccc1-c1ccc(N2CCOCC2)nc1. The van der Waals surface area contributed by atoms with E-state index in [2.05, 4.69) is 20.3 Å². The summed E-state index contributed by atoms with van der Waals surface area (Å²) >= 11 is 6.16. The molecule has 1 aliphatic heterocycles. The average molecular weight is 491 g/mol. The Morgan fingerprint density at radius 2 is 1.91 bits per heavy atom. The van der Waals surface area contributed by atoms with Gasteiger partial charge >= 0.3 is 0 Å². The molecule has 1 amide bonds. The first kappa shape index (κ1) is 23.1. The molecule has 3 aromatic rings. The third kappa shape index (κ3) is 4.67. The van der Waals surface area contributed by atoms with Crippen LogP contribution in [0.15, 0.2) is 65.9 Å². The molecule has 8 nitrogen and oxygen atoms in total. The average Bonchev–Trinajstić information content (AvgIpc) is 3.71. The molecule has 180 valence electrons. The Kier molecular flexibility index (Phi) is 6.32. The number of anilines is 2. The van der Waals surface area contributed by atoms with Gasteiger partial charge in [-0.3, -0.25) is 4.79 Å². The number of hydrogen-bond donors (Lipinski definition) is 3. The van der Waals surface area contributed by atoms with Crippen molar-refractivity contribution in [2.45, 2.75) is 18.3 Å². The van der Waals surface area contributed by atoms with Gasteiger partial charge in [0.15, 0.2) is 5.84 Å². The number of nitrogens with zero attached hydrogens (tertiary/aromatic N) is 3. The molecule has 2 heterocycles. The van der Waals surface area contributed by atoms with E-state index in [1.165, 1.54) is 0 Å². The minimum atomic E-state index is -0.559. The van der Waals surface area contributed by atoms with Crippen molar-refractivity contribution in [1.29, 1.82) is 0 Å². The first-order valence-corrected chi connectivity index (χ1v) is 11.9. The highest BCUT2D eigenvalue weighted by Gasteiger charge is 2.51. The van der Waals surface area contributed by atoms with Gasteiger partial charge < -0.3 is 26.5 Å². The van der Waals surface area contributed by atoms with E-state index in [4.69, 9.17) is 27.9 Å². The van der Waals surface area contributed by atoms with Crippen LogP contribution in [0, 0.1) is 0 Å². The molecule has 2 aromatic carbocycles. The molecule has 0 unspecified atom stereocenters. The number of amidine groups is 1. The van der Waals surface area contributed by atoms with Crippen LogP contribution in [0.3, 0.4) is 0 Å². The third-order valence-electron chi connectivity index (χ3n) is 6.65. The highest BCUT2D eigenvalue weighted by atomic mass is 35.5. The lowest BCUT2D eigenvalue weighted by atomic mass is 9.94. The molecule has 2 aliphatic rings. The molecule has 1 saturated carbocycles. The Morgan fingerprint density at radius 1 is 1.11 bits per heavy atom. The molecule has 9 heteroatoms. The predicted octanol–water partition coefficient (Wildman–Crippen LogP) is 3.49. The van der Waals surface area contributed by atoms with Crippen molar-refractivity contribution >= 4 is 34.8 Å². The second kappa shape index (κ2) is 9.56. The molecule has 1 aliphatic carbocycles.